The molecule has 38 heavy (non-hydrogen) atoms. The van der Waals surface area contributed by atoms with E-state index < -0.39 is 0 Å². The number of hydrogen-bond donors (Lipinski definition) is 0. The summed E-state index contributed by atoms with van der Waals surface area (Å²) in [7, 11) is 0. The molecule has 2 aromatic rings. The second-order valence-electron chi connectivity index (χ2n) is 9.62. The van der Waals surface area contributed by atoms with Gasteiger partial charge in [0.05, 0.1) is 12.7 Å². The third-order valence-electron chi connectivity index (χ3n) is 6.58. The average molecular weight is 575 g/mol. The standard InChI is InChI=1S/C32H34N2S4/c1-3-5-15-35-31-32(36-16-6-4-2)38-30(37-31)28-19-25-11-7-23(8-12-25)17-27(29(21-33)22-34)18-24-9-13-26(20-28)14-10-24/h7-14H,3-6,15-20H2,1-2H3. The van der Waals surface area contributed by atoms with Gasteiger partial charge in [0.2, 0.25) is 0 Å². The minimum atomic E-state index is 0.236. The summed E-state index contributed by atoms with van der Waals surface area (Å²) < 4.78 is 4.46. The molecule has 5 aliphatic rings. The molecule has 196 valence electrons. The fraction of sp³-hybridized carbons (Fsp3) is 0.375. The molecule has 1 heterocycles. The number of nitriles is 2. The van der Waals surface area contributed by atoms with E-state index in [0.29, 0.717) is 12.8 Å². The van der Waals surface area contributed by atoms with Gasteiger partial charge in [-0.05, 0) is 83.4 Å². The molecule has 2 nitrogen and oxygen atoms in total. The van der Waals surface area contributed by atoms with Gasteiger partial charge in [0.1, 0.15) is 17.7 Å². The fourth-order valence-electron chi connectivity index (χ4n) is 4.38. The first-order valence-corrected chi connectivity index (χ1v) is 17.0. The molecule has 0 N–H and O–H groups in total. The van der Waals surface area contributed by atoms with Crippen LogP contribution < -0.4 is 0 Å². The summed E-state index contributed by atoms with van der Waals surface area (Å²) in [6, 6.07) is 21.8. The van der Waals surface area contributed by atoms with Gasteiger partial charge in [-0.1, -0.05) is 98.7 Å². The van der Waals surface area contributed by atoms with E-state index in [4.69, 9.17) is 0 Å². The second kappa shape index (κ2) is 15.0. The van der Waals surface area contributed by atoms with Gasteiger partial charge in [-0.15, -0.1) is 23.5 Å². The van der Waals surface area contributed by atoms with E-state index in [-0.39, 0.29) is 5.57 Å². The summed E-state index contributed by atoms with van der Waals surface area (Å²) in [6.45, 7) is 4.54. The van der Waals surface area contributed by atoms with Crippen molar-refractivity contribution in [2.45, 2.75) is 65.2 Å². The first-order chi connectivity index (χ1) is 18.6. The molecule has 0 saturated carbocycles. The Hall–Kier alpha value is -1.96. The van der Waals surface area contributed by atoms with Crippen molar-refractivity contribution in [2.75, 3.05) is 11.5 Å². The molecule has 1 aliphatic heterocycles. The zero-order valence-electron chi connectivity index (χ0n) is 22.2. The Balaban J connectivity index is 1.66. The molecule has 7 rings (SSSR count). The molecule has 0 aromatic heterocycles. The molecule has 0 amide bonds. The zero-order chi connectivity index (χ0) is 26.7. The topological polar surface area (TPSA) is 47.6 Å². The monoisotopic (exact) mass is 574 g/mol. The zero-order valence-corrected chi connectivity index (χ0v) is 25.5. The van der Waals surface area contributed by atoms with Gasteiger partial charge in [-0.25, -0.2) is 0 Å². The van der Waals surface area contributed by atoms with Crippen LogP contribution in [0.3, 0.4) is 0 Å². The maximum absolute atomic E-state index is 9.53. The normalized spacial score (nSPS) is 15.5. The van der Waals surface area contributed by atoms with Crippen LogP contribution in [-0.2, 0) is 25.7 Å². The Morgan fingerprint density at radius 1 is 0.684 bits per heavy atom. The Bertz CT molecular complexity index is 1190. The molecular formula is C32H34N2S4. The van der Waals surface area contributed by atoms with Gasteiger partial charge in [-0.2, -0.15) is 10.5 Å². The molecular weight excluding hydrogens is 541 g/mol. The number of allylic oxidation sites excluding steroid dienone is 3. The summed E-state index contributed by atoms with van der Waals surface area (Å²) >= 11 is 8.09. The number of rotatable bonds is 8. The smallest absolute Gasteiger partial charge is 0.129 e. The largest absolute Gasteiger partial charge is 0.192 e. The molecule has 4 bridgehead atoms. The molecule has 0 fully saturated rings. The first kappa shape index (κ1) is 29.0. The van der Waals surface area contributed by atoms with Crippen molar-refractivity contribution < 1.29 is 0 Å². The van der Waals surface area contributed by atoms with Crippen molar-refractivity contribution >= 4 is 47.0 Å². The van der Waals surface area contributed by atoms with Crippen LogP contribution in [0.2, 0.25) is 0 Å². The predicted molar refractivity (Wildman–Crippen MR) is 170 cm³/mol. The van der Waals surface area contributed by atoms with Crippen LogP contribution in [0, 0.1) is 22.7 Å². The highest BCUT2D eigenvalue weighted by Gasteiger charge is 2.25. The highest BCUT2D eigenvalue weighted by atomic mass is 32.3. The number of nitrogens with zero attached hydrogens (tertiary/aromatic N) is 2. The van der Waals surface area contributed by atoms with E-state index in [9.17, 15) is 10.5 Å². The second-order valence-corrected chi connectivity index (χ2v) is 14.6. The van der Waals surface area contributed by atoms with Crippen molar-refractivity contribution in [3.05, 3.63) is 100 Å². The van der Waals surface area contributed by atoms with E-state index in [1.54, 1.807) is 0 Å². The first-order valence-electron chi connectivity index (χ1n) is 13.4. The van der Waals surface area contributed by atoms with Crippen LogP contribution in [0.1, 0.15) is 61.8 Å². The van der Waals surface area contributed by atoms with Gasteiger partial charge in [0.15, 0.2) is 0 Å². The lowest BCUT2D eigenvalue weighted by atomic mass is 9.91. The molecule has 4 aliphatic carbocycles. The maximum atomic E-state index is 9.53. The number of thioether (sulfide) groups is 4. The van der Waals surface area contributed by atoms with Gasteiger partial charge in [0.25, 0.3) is 0 Å². The molecule has 0 saturated heterocycles. The Morgan fingerprint density at radius 2 is 1.08 bits per heavy atom. The van der Waals surface area contributed by atoms with Crippen molar-refractivity contribution in [3.8, 4) is 12.1 Å². The van der Waals surface area contributed by atoms with E-state index in [0.717, 1.165) is 29.5 Å². The van der Waals surface area contributed by atoms with Crippen molar-refractivity contribution in [3.63, 3.8) is 0 Å². The third-order valence-corrected chi connectivity index (χ3v) is 12.5. The minimum absolute atomic E-state index is 0.236. The SMILES string of the molecule is CCCCSC1=C(SCCCC)SC(=C2Cc3ccc(cc3)CC(=C(C#N)C#N)Cc3ccc(cc3)C2)S1. The lowest BCUT2D eigenvalue weighted by molar-refractivity contribution is 0.897. The van der Waals surface area contributed by atoms with E-state index in [2.05, 4.69) is 74.5 Å². The number of hydrogen-bond acceptors (Lipinski definition) is 6. The summed E-state index contributed by atoms with van der Waals surface area (Å²) in [5, 5.41) is 19.1. The summed E-state index contributed by atoms with van der Waals surface area (Å²) in [5.74, 6) is 2.39. The molecule has 0 radical (unpaired) electrons. The third kappa shape index (κ3) is 8.03. The predicted octanol–water partition coefficient (Wildman–Crippen LogP) is 9.80. The van der Waals surface area contributed by atoms with Crippen LogP contribution >= 0.6 is 47.0 Å². The van der Waals surface area contributed by atoms with Crippen LogP contribution in [0.25, 0.3) is 0 Å². The van der Waals surface area contributed by atoms with Crippen molar-refractivity contribution in [2.24, 2.45) is 0 Å². The van der Waals surface area contributed by atoms with Gasteiger partial charge in [0, 0.05) is 0 Å². The van der Waals surface area contributed by atoms with Crippen LogP contribution in [0.15, 0.2) is 78.0 Å². The van der Waals surface area contributed by atoms with E-state index >= 15 is 0 Å². The Kier molecular flexibility index (Phi) is 11.5. The molecule has 0 spiro atoms. The van der Waals surface area contributed by atoms with Crippen LogP contribution in [0.5, 0.6) is 0 Å². The van der Waals surface area contributed by atoms with Gasteiger partial charge in [-0.3, -0.25) is 0 Å². The lowest BCUT2D eigenvalue weighted by Crippen LogP contribution is -2.03. The maximum Gasteiger partial charge on any atom is 0.129 e. The van der Waals surface area contributed by atoms with Crippen LogP contribution in [0.4, 0.5) is 0 Å². The molecule has 0 unspecified atom stereocenters. The molecule has 2 aromatic carbocycles. The Labute approximate surface area is 245 Å². The summed E-state index contributed by atoms with van der Waals surface area (Å²) in [4.78, 5) is 0. The molecule has 0 atom stereocenters. The minimum Gasteiger partial charge on any atom is -0.192 e. The quantitative estimate of drug-likeness (QED) is 0.231. The fourth-order valence-corrected chi connectivity index (χ4v) is 10.6. The van der Waals surface area contributed by atoms with Crippen molar-refractivity contribution in [1.29, 1.82) is 10.5 Å². The van der Waals surface area contributed by atoms with Crippen molar-refractivity contribution in [1.82, 2.24) is 0 Å². The lowest BCUT2D eigenvalue weighted by Gasteiger charge is -2.15. The highest BCUT2D eigenvalue weighted by Crippen LogP contribution is 2.58. The summed E-state index contributed by atoms with van der Waals surface area (Å²) in [5.41, 5.74) is 7.53. The highest BCUT2D eigenvalue weighted by molar-refractivity contribution is 8.40. The van der Waals surface area contributed by atoms with E-state index in [1.165, 1.54) is 66.6 Å². The summed E-state index contributed by atoms with van der Waals surface area (Å²) in [6.07, 6.45) is 8.11. The number of unbranched alkanes of at least 4 members (excludes halogenated alkanes) is 2. The van der Waals surface area contributed by atoms with E-state index in [1.807, 2.05) is 47.0 Å². The molecule has 6 heteroatoms. The van der Waals surface area contributed by atoms with Gasteiger partial charge < -0.3 is 0 Å². The van der Waals surface area contributed by atoms with Crippen LogP contribution in [-0.4, -0.2) is 11.5 Å². The van der Waals surface area contributed by atoms with Gasteiger partial charge >= 0.3 is 0 Å². The number of benzene rings is 2. The Morgan fingerprint density at radius 3 is 1.45 bits per heavy atom. The average Bonchev–Trinajstić information content (AvgIpc) is 3.34.